The first kappa shape index (κ1) is 9.55. The molecule has 0 heterocycles. The quantitative estimate of drug-likeness (QED) is 0.390. The predicted molar refractivity (Wildman–Crippen MR) is 43.2 cm³/mol. The van der Waals surface area contributed by atoms with Crippen molar-refractivity contribution in [2.45, 2.75) is 3.12 Å². The molecule has 0 atom stereocenters. The van der Waals surface area contributed by atoms with Gasteiger partial charge in [0, 0.05) is 0 Å². The molecule has 0 fully saturated rings. The maximum atomic E-state index is 10.2. The van der Waals surface area contributed by atoms with Crippen LogP contribution in [-0.2, 0) is 7.01 Å². The molecule has 0 rings (SSSR count). The fourth-order valence-electron chi connectivity index (χ4n) is 0. The third-order valence-electron chi connectivity index (χ3n) is 0.276. The van der Waals surface area contributed by atoms with Crippen molar-refractivity contribution in [2.24, 2.45) is 0 Å². The standard InChI is InChI=1S/CCl3IO2S/c2-1(3,4)8(5,6)7. The van der Waals surface area contributed by atoms with E-state index in [1.807, 2.05) is 0 Å². The first-order valence-corrected chi connectivity index (χ1v) is 6.42. The average molecular weight is 309 g/mol. The van der Waals surface area contributed by atoms with Crippen molar-refractivity contribution < 1.29 is 8.42 Å². The Morgan fingerprint density at radius 3 is 1.38 bits per heavy atom. The van der Waals surface area contributed by atoms with Gasteiger partial charge in [0.25, 0.3) is 7.01 Å². The smallest absolute Gasteiger partial charge is 0.214 e. The Balaban J connectivity index is 4.53. The van der Waals surface area contributed by atoms with Crippen molar-refractivity contribution in [1.29, 1.82) is 0 Å². The van der Waals surface area contributed by atoms with E-state index in [9.17, 15) is 8.42 Å². The minimum Gasteiger partial charge on any atom is -0.214 e. The molecule has 0 amide bonds. The van der Waals surface area contributed by atoms with Crippen LogP contribution in [0.2, 0.25) is 0 Å². The van der Waals surface area contributed by atoms with Crippen molar-refractivity contribution in [3.63, 3.8) is 0 Å². The first-order valence-electron chi connectivity index (χ1n) is 1.26. The van der Waals surface area contributed by atoms with Crippen LogP contribution >= 0.6 is 56.0 Å². The summed E-state index contributed by atoms with van der Waals surface area (Å²) in [7, 11) is -3.57. The van der Waals surface area contributed by atoms with E-state index >= 15 is 0 Å². The predicted octanol–water partition coefficient (Wildman–Crippen LogP) is 2.08. The molecule has 50 valence electrons. The second-order valence-electron chi connectivity index (χ2n) is 0.884. The lowest BCUT2D eigenvalue weighted by molar-refractivity contribution is 0.613. The Bertz CT molecular complexity index is 166. The Morgan fingerprint density at radius 2 is 1.38 bits per heavy atom. The van der Waals surface area contributed by atoms with Gasteiger partial charge in [0.05, 0.1) is 21.2 Å². The molecular formula is CCl3IO2S. The molecule has 7 heteroatoms. The Labute approximate surface area is 74.0 Å². The largest absolute Gasteiger partial charge is 0.301 e. The number of alkyl halides is 3. The number of hydrogen-bond donors (Lipinski definition) is 0. The molecule has 0 aromatic rings. The van der Waals surface area contributed by atoms with Crippen LogP contribution in [0.1, 0.15) is 0 Å². The SMILES string of the molecule is O=S(=O)(I)C(Cl)(Cl)Cl. The van der Waals surface area contributed by atoms with Crippen LogP contribution in [0.5, 0.6) is 0 Å². The van der Waals surface area contributed by atoms with Gasteiger partial charge in [-0.3, -0.25) is 0 Å². The molecule has 0 saturated carbocycles. The van der Waals surface area contributed by atoms with E-state index in [0.717, 1.165) is 21.2 Å². The molecule has 0 aliphatic rings. The third kappa shape index (κ3) is 2.91. The maximum Gasteiger partial charge on any atom is 0.301 e. The van der Waals surface area contributed by atoms with Crippen molar-refractivity contribution in [1.82, 2.24) is 0 Å². The van der Waals surface area contributed by atoms with Crippen LogP contribution in [0.15, 0.2) is 0 Å². The van der Waals surface area contributed by atoms with E-state index in [1.54, 1.807) is 0 Å². The van der Waals surface area contributed by atoms with E-state index < -0.39 is 10.1 Å². The lowest BCUT2D eigenvalue weighted by Crippen LogP contribution is -2.11. The Kier molecular flexibility index (Phi) is 3.17. The molecule has 0 radical (unpaired) electrons. The molecule has 0 N–H and O–H groups in total. The minimum atomic E-state index is -3.57. The molecule has 0 unspecified atom stereocenters. The van der Waals surface area contributed by atoms with Crippen molar-refractivity contribution >= 4 is 63.0 Å². The Morgan fingerprint density at radius 1 is 1.25 bits per heavy atom. The molecule has 0 spiro atoms. The fourth-order valence-corrected chi connectivity index (χ4v) is 0. The van der Waals surface area contributed by atoms with Gasteiger partial charge in [0.1, 0.15) is 0 Å². The summed E-state index contributed by atoms with van der Waals surface area (Å²) in [6.07, 6.45) is 0. The van der Waals surface area contributed by atoms with Crippen LogP contribution in [0.3, 0.4) is 0 Å². The van der Waals surface area contributed by atoms with Gasteiger partial charge in [-0.05, 0) is 0 Å². The van der Waals surface area contributed by atoms with Gasteiger partial charge >= 0.3 is 3.12 Å². The summed E-state index contributed by atoms with van der Waals surface area (Å²) >= 11 is 15.9. The van der Waals surface area contributed by atoms with Gasteiger partial charge < -0.3 is 0 Å². The highest BCUT2D eigenvalue weighted by atomic mass is 127. The topological polar surface area (TPSA) is 34.1 Å². The molecule has 0 bridgehead atoms. The highest BCUT2D eigenvalue weighted by Gasteiger charge is 2.34. The van der Waals surface area contributed by atoms with Gasteiger partial charge in [-0.15, -0.1) is 0 Å². The monoisotopic (exact) mass is 308 g/mol. The van der Waals surface area contributed by atoms with Crippen LogP contribution < -0.4 is 0 Å². The van der Waals surface area contributed by atoms with Crippen molar-refractivity contribution in [3.8, 4) is 0 Å². The van der Waals surface area contributed by atoms with Crippen molar-refractivity contribution in [3.05, 3.63) is 0 Å². The fraction of sp³-hybridized carbons (Fsp3) is 1.00. The van der Waals surface area contributed by atoms with Gasteiger partial charge in [-0.2, -0.15) is 0 Å². The molecule has 0 saturated heterocycles. The summed E-state index contributed by atoms with van der Waals surface area (Å²) in [6, 6.07) is 0. The van der Waals surface area contributed by atoms with E-state index in [-0.39, 0.29) is 0 Å². The molecule has 0 aliphatic carbocycles. The van der Waals surface area contributed by atoms with E-state index in [0.29, 0.717) is 0 Å². The number of halogens is 4. The number of rotatable bonds is 0. The molecule has 0 aromatic carbocycles. The van der Waals surface area contributed by atoms with Crippen LogP contribution in [0.25, 0.3) is 0 Å². The summed E-state index contributed by atoms with van der Waals surface area (Å²) in [6.45, 7) is 0. The molecule has 0 aliphatic heterocycles. The first-order chi connectivity index (χ1) is 3.25. The summed E-state index contributed by atoms with van der Waals surface area (Å²) < 4.78 is 18.3. The van der Waals surface area contributed by atoms with Gasteiger partial charge in [0.2, 0.25) is 0 Å². The molecular weight excluding hydrogens is 309 g/mol. The zero-order chi connectivity index (χ0) is 7.00. The highest BCUT2D eigenvalue weighted by Crippen LogP contribution is 2.36. The van der Waals surface area contributed by atoms with E-state index in [2.05, 4.69) is 0 Å². The zero-order valence-corrected chi connectivity index (χ0v) is 8.48. The number of hydrogen-bond acceptors (Lipinski definition) is 2. The summed E-state index contributed by atoms with van der Waals surface area (Å²) in [4.78, 5) is 0. The van der Waals surface area contributed by atoms with E-state index in [4.69, 9.17) is 34.8 Å². The lowest BCUT2D eigenvalue weighted by Gasteiger charge is -2.03. The molecule has 8 heavy (non-hydrogen) atoms. The van der Waals surface area contributed by atoms with Gasteiger partial charge in [0.15, 0.2) is 0 Å². The van der Waals surface area contributed by atoms with Gasteiger partial charge in [-0.1, -0.05) is 34.8 Å². The second kappa shape index (κ2) is 2.65. The summed E-state index contributed by atoms with van der Waals surface area (Å²) in [5, 5.41) is 0. The van der Waals surface area contributed by atoms with Crippen molar-refractivity contribution in [2.75, 3.05) is 0 Å². The third-order valence-corrected chi connectivity index (χ3v) is 6.98. The van der Waals surface area contributed by atoms with Gasteiger partial charge in [-0.25, -0.2) is 8.42 Å². The van der Waals surface area contributed by atoms with Crippen LogP contribution in [0.4, 0.5) is 0 Å². The normalized spacial score (nSPS) is 14.0. The van der Waals surface area contributed by atoms with Crippen LogP contribution in [0, 0.1) is 0 Å². The maximum absolute atomic E-state index is 10.2. The second-order valence-corrected chi connectivity index (χ2v) is 8.80. The Hall–Kier alpha value is 1.55. The minimum absolute atomic E-state index is 1.06. The molecule has 2 nitrogen and oxygen atoms in total. The lowest BCUT2D eigenvalue weighted by atomic mass is 11.8. The average Bonchev–Trinajstić information content (AvgIpc) is 1.25. The molecule has 0 aromatic heterocycles. The summed E-state index contributed by atoms with van der Waals surface area (Å²) in [5.41, 5.74) is 0. The zero-order valence-electron chi connectivity index (χ0n) is 3.24. The van der Waals surface area contributed by atoms with Crippen LogP contribution in [-0.4, -0.2) is 11.5 Å². The highest BCUT2D eigenvalue weighted by molar-refractivity contribution is 14.2. The summed E-state index contributed by atoms with van der Waals surface area (Å²) in [5.74, 6) is 0. The van der Waals surface area contributed by atoms with E-state index in [1.165, 1.54) is 0 Å².